The zero-order valence-corrected chi connectivity index (χ0v) is 8.91. The number of benzene rings is 1. The topological polar surface area (TPSA) is 69.4 Å². The minimum Gasteiger partial charge on any atom is -0.466 e. The van der Waals surface area contributed by atoms with Crippen LogP contribution in [0.25, 0.3) is 0 Å². The number of rotatable bonds is 4. The Morgan fingerprint density at radius 3 is 2.59 bits per heavy atom. The van der Waals surface area contributed by atoms with Crippen molar-refractivity contribution >= 4 is 11.7 Å². The number of carbonyl (C=O) groups excluding carboxylic acids is 1. The molecule has 0 radical (unpaired) electrons. The van der Waals surface area contributed by atoms with Gasteiger partial charge in [-0.2, -0.15) is 4.39 Å². The summed E-state index contributed by atoms with van der Waals surface area (Å²) in [7, 11) is 0. The summed E-state index contributed by atoms with van der Waals surface area (Å²) in [6.45, 7) is 1.70. The lowest BCUT2D eigenvalue weighted by Crippen LogP contribution is -2.10. The second-order valence-corrected chi connectivity index (χ2v) is 3.11. The Bertz CT molecular complexity index is 462. The van der Waals surface area contributed by atoms with Gasteiger partial charge in [-0.3, -0.25) is 14.9 Å². The normalized spacial score (nSPS) is 10.1. The van der Waals surface area contributed by atoms with Crippen molar-refractivity contribution in [2.75, 3.05) is 6.61 Å². The molecule has 0 saturated carbocycles. The van der Waals surface area contributed by atoms with E-state index in [0.717, 1.165) is 12.1 Å². The van der Waals surface area contributed by atoms with Crippen LogP contribution in [0.1, 0.15) is 12.5 Å². The van der Waals surface area contributed by atoms with Gasteiger partial charge in [0.2, 0.25) is 5.82 Å². The molecule has 0 unspecified atom stereocenters. The summed E-state index contributed by atoms with van der Waals surface area (Å²) < 4.78 is 31.1. The molecule has 0 aromatic heterocycles. The van der Waals surface area contributed by atoms with E-state index in [9.17, 15) is 23.7 Å². The predicted molar refractivity (Wildman–Crippen MR) is 53.3 cm³/mol. The minimum absolute atomic E-state index is 0.121. The smallest absolute Gasteiger partial charge is 0.310 e. The number of halogens is 2. The third kappa shape index (κ3) is 2.96. The van der Waals surface area contributed by atoms with Gasteiger partial charge < -0.3 is 4.74 Å². The summed E-state index contributed by atoms with van der Waals surface area (Å²) in [5.74, 6) is -3.69. The van der Waals surface area contributed by atoms with Crippen molar-refractivity contribution in [3.63, 3.8) is 0 Å². The first-order valence-electron chi connectivity index (χ1n) is 4.74. The van der Waals surface area contributed by atoms with Crippen LogP contribution in [0.15, 0.2) is 12.1 Å². The Labute approximate surface area is 95.2 Å². The number of hydrogen-bond acceptors (Lipinski definition) is 4. The van der Waals surface area contributed by atoms with E-state index in [-0.39, 0.29) is 12.2 Å². The zero-order chi connectivity index (χ0) is 13.0. The van der Waals surface area contributed by atoms with Crippen molar-refractivity contribution in [2.24, 2.45) is 0 Å². The van der Waals surface area contributed by atoms with Crippen LogP contribution in [0.3, 0.4) is 0 Å². The monoisotopic (exact) mass is 245 g/mol. The van der Waals surface area contributed by atoms with E-state index in [0.29, 0.717) is 0 Å². The third-order valence-electron chi connectivity index (χ3n) is 1.98. The first-order chi connectivity index (χ1) is 7.97. The van der Waals surface area contributed by atoms with Gasteiger partial charge in [-0.15, -0.1) is 0 Å². The number of carbonyl (C=O) groups is 1. The molecular formula is C10H9F2NO4. The summed E-state index contributed by atoms with van der Waals surface area (Å²) >= 11 is 0. The SMILES string of the molecule is CCOC(=O)Cc1ccc([N+](=O)[O-])c(F)c1F. The molecule has 1 aromatic carbocycles. The fourth-order valence-electron chi connectivity index (χ4n) is 1.22. The number of nitrogens with zero attached hydrogens (tertiary/aromatic N) is 1. The molecule has 5 nitrogen and oxygen atoms in total. The highest BCUT2D eigenvalue weighted by Crippen LogP contribution is 2.22. The molecular weight excluding hydrogens is 236 g/mol. The van der Waals surface area contributed by atoms with E-state index in [1.165, 1.54) is 0 Å². The molecule has 0 aliphatic rings. The van der Waals surface area contributed by atoms with Gasteiger partial charge in [0.25, 0.3) is 0 Å². The molecule has 17 heavy (non-hydrogen) atoms. The molecule has 0 spiro atoms. The van der Waals surface area contributed by atoms with E-state index in [1.54, 1.807) is 6.92 Å². The summed E-state index contributed by atoms with van der Waals surface area (Å²) in [4.78, 5) is 20.3. The van der Waals surface area contributed by atoms with Crippen LogP contribution >= 0.6 is 0 Å². The van der Waals surface area contributed by atoms with Gasteiger partial charge in [0.1, 0.15) is 0 Å². The van der Waals surface area contributed by atoms with Crippen molar-refractivity contribution in [2.45, 2.75) is 13.3 Å². The molecule has 0 aliphatic heterocycles. The van der Waals surface area contributed by atoms with Crippen LogP contribution in [0.5, 0.6) is 0 Å². The number of ether oxygens (including phenoxy) is 1. The lowest BCUT2D eigenvalue weighted by molar-refractivity contribution is -0.387. The van der Waals surface area contributed by atoms with Crippen LogP contribution in [0, 0.1) is 21.7 Å². The van der Waals surface area contributed by atoms with Gasteiger partial charge >= 0.3 is 11.7 Å². The van der Waals surface area contributed by atoms with Gasteiger partial charge in [0.15, 0.2) is 5.82 Å². The van der Waals surface area contributed by atoms with Gasteiger partial charge in [-0.25, -0.2) is 4.39 Å². The van der Waals surface area contributed by atoms with Crippen LogP contribution in [0.4, 0.5) is 14.5 Å². The fourth-order valence-corrected chi connectivity index (χ4v) is 1.22. The van der Waals surface area contributed by atoms with Crippen molar-refractivity contribution in [1.82, 2.24) is 0 Å². The lowest BCUT2D eigenvalue weighted by atomic mass is 10.1. The number of nitro groups is 1. The molecule has 1 aromatic rings. The maximum atomic E-state index is 13.3. The highest BCUT2D eigenvalue weighted by Gasteiger charge is 2.22. The molecule has 0 heterocycles. The second-order valence-electron chi connectivity index (χ2n) is 3.11. The Balaban J connectivity index is 3.00. The largest absolute Gasteiger partial charge is 0.466 e. The van der Waals surface area contributed by atoms with Crippen molar-refractivity contribution in [1.29, 1.82) is 0 Å². The second kappa shape index (κ2) is 5.33. The van der Waals surface area contributed by atoms with E-state index < -0.39 is 34.6 Å². The summed E-state index contributed by atoms with van der Waals surface area (Å²) in [5, 5.41) is 10.3. The Morgan fingerprint density at radius 2 is 2.06 bits per heavy atom. The maximum Gasteiger partial charge on any atom is 0.310 e. The summed E-state index contributed by atoms with van der Waals surface area (Å²) in [5.41, 5.74) is -1.23. The van der Waals surface area contributed by atoms with Crippen LogP contribution < -0.4 is 0 Å². The van der Waals surface area contributed by atoms with E-state index in [4.69, 9.17) is 0 Å². The third-order valence-corrected chi connectivity index (χ3v) is 1.98. The molecule has 0 bridgehead atoms. The Morgan fingerprint density at radius 1 is 1.41 bits per heavy atom. The Kier molecular flexibility index (Phi) is 4.08. The van der Waals surface area contributed by atoms with Crippen LogP contribution in [-0.2, 0) is 16.0 Å². The molecule has 0 amide bonds. The molecule has 1 rings (SSSR count). The van der Waals surface area contributed by atoms with Crippen molar-refractivity contribution < 1.29 is 23.2 Å². The quantitative estimate of drug-likeness (QED) is 0.462. The molecule has 92 valence electrons. The average molecular weight is 245 g/mol. The Hall–Kier alpha value is -2.05. The molecule has 0 N–H and O–H groups in total. The molecule has 7 heteroatoms. The standard InChI is InChI=1S/C10H9F2NO4/c1-2-17-8(14)5-6-3-4-7(13(15)16)10(12)9(6)11/h3-4H,2,5H2,1H3. The van der Waals surface area contributed by atoms with Gasteiger partial charge in [-0.05, 0) is 13.0 Å². The molecule has 0 fully saturated rings. The van der Waals surface area contributed by atoms with Gasteiger partial charge in [0, 0.05) is 11.6 Å². The maximum absolute atomic E-state index is 13.3. The predicted octanol–water partition coefficient (Wildman–Crippen LogP) is 1.98. The summed E-state index contributed by atoms with van der Waals surface area (Å²) in [6, 6.07) is 1.81. The molecule has 0 aliphatic carbocycles. The highest BCUT2D eigenvalue weighted by molar-refractivity contribution is 5.72. The molecule has 0 saturated heterocycles. The molecule has 0 atom stereocenters. The zero-order valence-electron chi connectivity index (χ0n) is 8.91. The first-order valence-corrected chi connectivity index (χ1v) is 4.74. The number of hydrogen-bond donors (Lipinski definition) is 0. The number of esters is 1. The summed E-state index contributed by atoms with van der Waals surface area (Å²) in [6.07, 6.45) is -0.464. The number of nitro benzene ring substituents is 1. The lowest BCUT2D eigenvalue weighted by Gasteiger charge is -2.04. The highest BCUT2D eigenvalue weighted by atomic mass is 19.2. The fraction of sp³-hybridized carbons (Fsp3) is 0.300. The van der Waals surface area contributed by atoms with Crippen LogP contribution in [0.2, 0.25) is 0 Å². The minimum atomic E-state index is -1.57. The average Bonchev–Trinajstić information content (AvgIpc) is 2.25. The van der Waals surface area contributed by atoms with Crippen molar-refractivity contribution in [3.8, 4) is 0 Å². The van der Waals surface area contributed by atoms with E-state index in [2.05, 4.69) is 4.74 Å². The first kappa shape index (κ1) is 13.0. The van der Waals surface area contributed by atoms with Gasteiger partial charge in [-0.1, -0.05) is 0 Å². The van der Waals surface area contributed by atoms with Crippen LogP contribution in [-0.4, -0.2) is 17.5 Å². The van der Waals surface area contributed by atoms with Crippen molar-refractivity contribution in [3.05, 3.63) is 39.4 Å². The van der Waals surface area contributed by atoms with E-state index in [1.807, 2.05) is 0 Å². The van der Waals surface area contributed by atoms with Gasteiger partial charge in [0.05, 0.1) is 18.0 Å². The van der Waals surface area contributed by atoms with E-state index >= 15 is 0 Å².